The van der Waals surface area contributed by atoms with Gasteiger partial charge in [0.15, 0.2) is 0 Å². The van der Waals surface area contributed by atoms with Crippen molar-refractivity contribution in [1.82, 2.24) is 15.2 Å². The Morgan fingerprint density at radius 2 is 2.50 bits per heavy atom. The highest BCUT2D eigenvalue weighted by Gasteiger charge is 2.36. The van der Waals surface area contributed by atoms with Crippen molar-refractivity contribution in [1.29, 1.82) is 0 Å². The third-order valence-electron chi connectivity index (χ3n) is 2.13. The first-order valence-corrected chi connectivity index (χ1v) is 4.07. The number of amides is 1. The minimum Gasteiger partial charge on any atom is -0.481 e. The van der Waals surface area contributed by atoms with Gasteiger partial charge in [0.05, 0.1) is 5.92 Å². The fourth-order valence-electron chi connectivity index (χ4n) is 1.41. The molecule has 0 aromatic carbocycles. The third kappa shape index (κ3) is 1.32. The fourth-order valence-corrected chi connectivity index (χ4v) is 1.41. The molecule has 1 amide bonds. The first kappa shape index (κ1) is 8.67. The molecule has 0 bridgehead atoms. The molecule has 2 rings (SSSR count). The Labute approximate surface area is 78.7 Å². The zero-order chi connectivity index (χ0) is 10.1. The van der Waals surface area contributed by atoms with Crippen LogP contribution in [0.5, 0.6) is 0 Å². The molecular formula is C7H8N4O3. The molecule has 7 heteroatoms. The van der Waals surface area contributed by atoms with Crippen LogP contribution in [0.15, 0.2) is 6.33 Å². The molecule has 0 aliphatic carbocycles. The van der Waals surface area contributed by atoms with Crippen LogP contribution in [0.1, 0.15) is 6.42 Å². The van der Waals surface area contributed by atoms with E-state index in [2.05, 4.69) is 15.2 Å². The van der Waals surface area contributed by atoms with E-state index in [4.69, 9.17) is 5.11 Å². The molecule has 1 aromatic heterocycles. The summed E-state index contributed by atoms with van der Waals surface area (Å²) in [6.45, 7) is 0.156. The number of hydrogen-bond donors (Lipinski definition) is 2. The van der Waals surface area contributed by atoms with Crippen molar-refractivity contribution in [3.63, 3.8) is 0 Å². The molecule has 7 nitrogen and oxygen atoms in total. The van der Waals surface area contributed by atoms with Crippen LogP contribution in [0.4, 0.5) is 5.95 Å². The van der Waals surface area contributed by atoms with E-state index in [0.29, 0.717) is 5.95 Å². The van der Waals surface area contributed by atoms with Crippen molar-refractivity contribution in [3.8, 4) is 0 Å². The summed E-state index contributed by atoms with van der Waals surface area (Å²) in [6, 6.07) is 0. The smallest absolute Gasteiger partial charge is 0.308 e. The van der Waals surface area contributed by atoms with Gasteiger partial charge >= 0.3 is 5.97 Å². The number of anilines is 1. The van der Waals surface area contributed by atoms with Crippen molar-refractivity contribution >= 4 is 17.8 Å². The van der Waals surface area contributed by atoms with Crippen molar-refractivity contribution < 1.29 is 14.7 Å². The number of carboxylic acid groups (broad SMARTS) is 1. The number of carbonyl (C=O) groups excluding carboxylic acids is 1. The molecule has 0 radical (unpaired) electrons. The summed E-state index contributed by atoms with van der Waals surface area (Å²) < 4.78 is 0. The van der Waals surface area contributed by atoms with Gasteiger partial charge in [0, 0.05) is 13.0 Å². The second-order valence-electron chi connectivity index (χ2n) is 3.05. The summed E-state index contributed by atoms with van der Waals surface area (Å²) in [5, 5.41) is 14.8. The van der Waals surface area contributed by atoms with E-state index in [0.717, 1.165) is 0 Å². The van der Waals surface area contributed by atoms with Crippen LogP contribution in [0.2, 0.25) is 0 Å². The maximum atomic E-state index is 11.4. The summed E-state index contributed by atoms with van der Waals surface area (Å²) in [4.78, 5) is 27.1. The minimum atomic E-state index is -0.958. The first-order valence-electron chi connectivity index (χ1n) is 4.07. The van der Waals surface area contributed by atoms with Gasteiger partial charge in [-0.05, 0) is 0 Å². The third-order valence-corrected chi connectivity index (χ3v) is 2.13. The van der Waals surface area contributed by atoms with Crippen LogP contribution in [0, 0.1) is 5.92 Å². The lowest BCUT2D eigenvalue weighted by Crippen LogP contribution is -2.26. The van der Waals surface area contributed by atoms with Gasteiger partial charge in [0.25, 0.3) is 0 Å². The van der Waals surface area contributed by atoms with Gasteiger partial charge < -0.3 is 5.11 Å². The lowest BCUT2D eigenvalue weighted by atomic mass is 10.1. The fraction of sp³-hybridized carbons (Fsp3) is 0.429. The highest BCUT2D eigenvalue weighted by Crippen LogP contribution is 2.21. The molecule has 1 fully saturated rings. The van der Waals surface area contributed by atoms with Crippen molar-refractivity contribution in [2.75, 3.05) is 11.4 Å². The Bertz CT molecular complexity index is 361. The van der Waals surface area contributed by atoms with E-state index < -0.39 is 11.9 Å². The molecule has 0 saturated carbocycles. The predicted octanol–water partition coefficient (Wildman–Crippen LogP) is -0.758. The lowest BCUT2D eigenvalue weighted by Gasteiger charge is -2.10. The van der Waals surface area contributed by atoms with E-state index >= 15 is 0 Å². The van der Waals surface area contributed by atoms with Gasteiger partial charge in [-0.2, -0.15) is 10.1 Å². The Morgan fingerprint density at radius 3 is 3.00 bits per heavy atom. The number of H-pyrrole nitrogens is 1. The minimum absolute atomic E-state index is 0.0238. The first-order chi connectivity index (χ1) is 6.68. The summed E-state index contributed by atoms with van der Waals surface area (Å²) >= 11 is 0. The number of nitrogens with zero attached hydrogens (tertiary/aromatic N) is 3. The van der Waals surface area contributed by atoms with Crippen LogP contribution in [0.3, 0.4) is 0 Å². The normalized spacial score (nSPS) is 21.6. The summed E-state index contributed by atoms with van der Waals surface area (Å²) in [7, 11) is 0. The number of aliphatic carboxylic acids is 1. The van der Waals surface area contributed by atoms with Crippen LogP contribution >= 0.6 is 0 Å². The number of aromatic nitrogens is 3. The summed E-state index contributed by atoms with van der Waals surface area (Å²) in [5.74, 6) is -1.54. The standard InChI is InChI=1S/C7H8N4O3/c12-5-1-4(6(13)14)2-11(5)7-8-3-9-10-7/h3-4H,1-2H2,(H,13,14)(H,8,9,10). The van der Waals surface area contributed by atoms with Crippen molar-refractivity contribution in [2.24, 2.45) is 5.92 Å². The van der Waals surface area contributed by atoms with Crippen LogP contribution in [-0.2, 0) is 9.59 Å². The molecular weight excluding hydrogens is 188 g/mol. The van der Waals surface area contributed by atoms with Gasteiger partial charge in [-0.1, -0.05) is 0 Å². The molecule has 1 saturated heterocycles. The molecule has 2 N–H and O–H groups in total. The number of aromatic amines is 1. The summed E-state index contributed by atoms with van der Waals surface area (Å²) in [6.07, 6.45) is 1.30. The van der Waals surface area contributed by atoms with Crippen LogP contribution in [0.25, 0.3) is 0 Å². The Hall–Kier alpha value is -1.92. The van der Waals surface area contributed by atoms with Gasteiger partial charge in [0.2, 0.25) is 11.9 Å². The second-order valence-corrected chi connectivity index (χ2v) is 3.05. The molecule has 14 heavy (non-hydrogen) atoms. The van der Waals surface area contributed by atoms with E-state index in [9.17, 15) is 9.59 Å². The van der Waals surface area contributed by atoms with Crippen molar-refractivity contribution in [3.05, 3.63) is 6.33 Å². The number of carbonyl (C=O) groups is 2. The number of nitrogens with one attached hydrogen (secondary N) is 1. The monoisotopic (exact) mass is 196 g/mol. The zero-order valence-electron chi connectivity index (χ0n) is 7.17. The Balaban J connectivity index is 2.16. The SMILES string of the molecule is O=C(O)C1CC(=O)N(c2ncn[nH]2)C1. The average Bonchev–Trinajstić information content (AvgIpc) is 2.71. The van der Waals surface area contributed by atoms with Gasteiger partial charge in [-0.25, -0.2) is 5.10 Å². The molecule has 1 aliphatic rings. The van der Waals surface area contributed by atoms with Gasteiger partial charge in [0.1, 0.15) is 6.33 Å². The number of carboxylic acids is 1. The molecule has 1 aromatic rings. The highest BCUT2D eigenvalue weighted by atomic mass is 16.4. The molecule has 74 valence electrons. The maximum absolute atomic E-state index is 11.4. The molecule has 1 atom stereocenters. The summed E-state index contributed by atoms with van der Waals surface area (Å²) in [5.41, 5.74) is 0. The molecule has 2 heterocycles. The van der Waals surface area contributed by atoms with Crippen LogP contribution in [-0.4, -0.2) is 38.7 Å². The Kier molecular flexibility index (Phi) is 1.91. The van der Waals surface area contributed by atoms with Crippen LogP contribution < -0.4 is 4.90 Å². The van der Waals surface area contributed by atoms with E-state index in [1.165, 1.54) is 11.2 Å². The predicted molar refractivity (Wildman–Crippen MR) is 44.5 cm³/mol. The van der Waals surface area contributed by atoms with Gasteiger partial charge in [-0.15, -0.1) is 0 Å². The number of rotatable bonds is 2. The highest BCUT2D eigenvalue weighted by molar-refractivity contribution is 5.97. The quantitative estimate of drug-likeness (QED) is 0.647. The molecule has 1 aliphatic heterocycles. The average molecular weight is 196 g/mol. The zero-order valence-corrected chi connectivity index (χ0v) is 7.17. The van der Waals surface area contributed by atoms with Gasteiger partial charge in [-0.3, -0.25) is 14.5 Å². The number of hydrogen-bond acceptors (Lipinski definition) is 4. The Morgan fingerprint density at radius 1 is 1.71 bits per heavy atom. The topological polar surface area (TPSA) is 99.2 Å². The molecule has 1 unspecified atom stereocenters. The molecule has 0 spiro atoms. The second kappa shape index (κ2) is 3.09. The van der Waals surface area contributed by atoms with E-state index in [1.807, 2.05) is 0 Å². The van der Waals surface area contributed by atoms with Crippen molar-refractivity contribution in [2.45, 2.75) is 6.42 Å². The largest absolute Gasteiger partial charge is 0.481 e. The maximum Gasteiger partial charge on any atom is 0.308 e. The van der Waals surface area contributed by atoms with E-state index in [1.54, 1.807) is 0 Å². The van der Waals surface area contributed by atoms with E-state index in [-0.39, 0.29) is 18.9 Å². The lowest BCUT2D eigenvalue weighted by molar-refractivity contribution is -0.141.